The quantitative estimate of drug-likeness (QED) is 0.518. The molecule has 0 fully saturated rings. The van der Waals surface area contributed by atoms with E-state index in [1.165, 1.54) is 4.91 Å². The van der Waals surface area contributed by atoms with Gasteiger partial charge in [0, 0.05) is 12.0 Å². The van der Waals surface area contributed by atoms with Crippen LogP contribution in [0.5, 0.6) is 0 Å². The van der Waals surface area contributed by atoms with Crippen molar-refractivity contribution in [2.24, 2.45) is 0 Å². The van der Waals surface area contributed by atoms with Gasteiger partial charge in [0.05, 0.1) is 6.61 Å². The summed E-state index contributed by atoms with van der Waals surface area (Å²) in [6, 6.07) is 0. The lowest BCUT2D eigenvalue weighted by Crippen LogP contribution is -1.79. The molecule has 0 unspecified atom stereocenters. The van der Waals surface area contributed by atoms with Crippen molar-refractivity contribution in [3.05, 3.63) is 10.3 Å². The van der Waals surface area contributed by atoms with E-state index in [-0.39, 0.29) is 0 Å². The van der Waals surface area contributed by atoms with Gasteiger partial charge in [-0.2, -0.15) is 0 Å². The fraction of sp³-hybridized carbons (Fsp3) is 0.500. The van der Waals surface area contributed by atoms with Crippen LogP contribution in [0.2, 0.25) is 0 Å². The van der Waals surface area contributed by atoms with Gasteiger partial charge < -0.3 is 4.74 Å². The maximum atomic E-state index is 4.78. The fourth-order valence-electron chi connectivity index (χ4n) is 0.252. The monoisotopic (exact) mass is 102 g/mol. The predicted octanol–water partition coefficient (Wildman–Crippen LogP) is 1.22. The van der Waals surface area contributed by atoms with E-state index in [2.05, 4.69) is 5.41 Å². The zero-order chi connectivity index (χ0) is 4.41. The number of ether oxygens (including phenoxy) is 1. The molecule has 0 N–H and O–H groups in total. The van der Waals surface area contributed by atoms with Gasteiger partial charge in [-0.05, 0) is 5.41 Å². The highest BCUT2D eigenvalue weighted by Gasteiger charge is 2.05. The molecule has 1 heterocycles. The first-order valence-corrected chi connectivity index (χ1v) is 2.66. The van der Waals surface area contributed by atoms with Crippen LogP contribution < -0.4 is 0 Å². The second-order valence-corrected chi connectivity index (χ2v) is 2.13. The van der Waals surface area contributed by atoms with Gasteiger partial charge in [-0.15, -0.1) is 0 Å². The summed E-state index contributed by atoms with van der Waals surface area (Å²) in [6.07, 6.45) is 0. The summed E-state index contributed by atoms with van der Waals surface area (Å²) in [6.45, 7) is 0.810. The highest BCUT2D eigenvalue weighted by molar-refractivity contribution is 8.12. The molecule has 0 saturated heterocycles. The standard InChI is InChI=1S/C4H6OS/c1-5-2-4-3-6-4/h3H,2H2,1H3. The van der Waals surface area contributed by atoms with Crippen LogP contribution in [0.25, 0.3) is 0 Å². The second kappa shape index (κ2) is 1.67. The van der Waals surface area contributed by atoms with Crippen molar-refractivity contribution in [3.63, 3.8) is 0 Å². The van der Waals surface area contributed by atoms with E-state index in [1.54, 1.807) is 18.9 Å². The summed E-state index contributed by atoms with van der Waals surface area (Å²) < 4.78 is 4.78. The topological polar surface area (TPSA) is 9.23 Å². The van der Waals surface area contributed by atoms with E-state index < -0.39 is 0 Å². The Hall–Kier alpha value is 0.0500. The first kappa shape index (κ1) is 4.22. The Balaban J connectivity index is 2.02. The summed E-state index contributed by atoms with van der Waals surface area (Å²) in [4.78, 5) is 1.36. The average Bonchev–Trinajstić information content (AvgIpc) is 2.21. The lowest BCUT2D eigenvalue weighted by atomic mass is 10.7. The molecule has 0 amide bonds. The summed E-state index contributed by atoms with van der Waals surface area (Å²) in [5.41, 5.74) is 0. The average molecular weight is 102 g/mol. The van der Waals surface area contributed by atoms with Gasteiger partial charge >= 0.3 is 0 Å². The molecule has 2 heteroatoms. The molecule has 1 aliphatic rings. The molecule has 0 aromatic carbocycles. The SMILES string of the molecule is COCC1=CS1. The largest absolute Gasteiger partial charge is 0.379 e. The molecule has 0 aromatic rings. The fourth-order valence-corrected chi connectivity index (χ4v) is 0.589. The van der Waals surface area contributed by atoms with Crippen molar-refractivity contribution in [2.45, 2.75) is 0 Å². The van der Waals surface area contributed by atoms with Crippen molar-refractivity contribution in [1.82, 2.24) is 0 Å². The first-order chi connectivity index (χ1) is 2.93. The lowest BCUT2D eigenvalue weighted by molar-refractivity contribution is 0.233. The van der Waals surface area contributed by atoms with Gasteiger partial charge in [0.2, 0.25) is 0 Å². The van der Waals surface area contributed by atoms with E-state index >= 15 is 0 Å². The molecule has 1 aliphatic heterocycles. The first-order valence-electron chi connectivity index (χ1n) is 1.78. The molecule has 0 saturated carbocycles. The summed E-state index contributed by atoms with van der Waals surface area (Å²) >= 11 is 1.76. The number of hydrogen-bond donors (Lipinski definition) is 0. The van der Waals surface area contributed by atoms with E-state index in [0.717, 1.165) is 6.61 Å². The molecule has 0 atom stereocenters. The third-order valence-corrected chi connectivity index (χ3v) is 1.26. The van der Waals surface area contributed by atoms with Gasteiger partial charge in [-0.1, -0.05) is 11.8 Å². The molecule has 0 spiro atoms. The smallest absolute Gasteiger partial charge is 0.0780 e. The van der Waals surface area contributed by atoms with Crippen LogP contribution >= 0.6 is 11.8 Å². The van der Waals surface area contributed by atoms with Crippen molar-refractivity contribution >= 4 is 11.8 Å². The highest BCUT2D eigenvalue weighted by Crippen LogP contribution is 2.33. The third-order valence-electron chi connectivity index (χ3n) is 0.571. The Kier molecular flexibility index (Phi) is 1.17. The van der Waals surface area contributed by atoms with Crippen molar-refractivity contribution < 1.29 is 4.74 Å². The van der Waals surface area contributed by atoms with E-state index in [4.69, 9.17) is 4.74 Å². The van der Waals surface area contributed by atoms with E-state index in [1.807, 2.05) is 0 Å². The number of thioether (sulfide) groups is 1. The number of rotatable bonds is 2. The Morgan fingerprint density at radius 1 is 2.00 bits per heavy atom. The van der Waals surface area contributed by atoms with Crippen LogP contribution in [0.1, 0.15) is 0 Å². The molecule has 1 rings (SSSR count). The molecule has 0 aliphatic carbocycles. The predicted molar refractivity (Wildman–Crippen MR) is 27.5 cm³/mol. The zero-order valence-electron chi connectivity index (χ0n) is 3.60. The minimum atomic E-state index is 0.810. The number of methoxy groups -OCH3 is 1. The Labute approximate surface area is 41.4 Å². The van der Waals surface area contributed by atoms with Crippen LogP contribution in [-0.2, 0) is 4.74 Å². The second-order valence-electron chi connectivity index (χ2n) is 1.14. The summed E-state index contributed by atoms with van der Waals surface area (Å²) in [7, 11) is 1.71. The Morgan fingerprint density at radius 3 is 2.83 bits per heavy atom. The van der Waals surface area contributed by atoms with E-state index in [9.17, 15) is 0 Å². The van der Waals surface area contributed by atoms with Gasteiger partial charge in [-0.3, -0.25) is 0 Å². The molecule has 34 valence electrons. The molecule has 0 bridgehead atoms. The van der Waals surface area contributed by atoms with Crippen LogP contribution in [0.4, 0.5) is 0 Å². The minimum Gasteiger partial charge on any atom is -0.379 e. The highest BCUT2D eigenvalue weighted by atomic mass is 32.2. The van der Waals surface area contributed by atoms with E-state index in [0.29, 0.717) is 0 Å². The molecule has 0 radical (unpaired) electrons. The van der Waals surface area contributed by atoms with Crippen LogP contribution in [0, 0.1) is 0 Å². The Morgan fingerprint density at radius 2 is 2.67 bits per heavy atom. The molecular weight excluding hydrogens is 96.1 g/mol. The summed E-state index contributed by atoms with van der Waals surface area (Å²) in [5.74, 6) is 0. The van der Waals surface area contributed by atoms with Crippen molar-refractivity contribution in [3.8, 4) is 0 Å². The number of hydrogen-bond acceptors (Lipinski definition) is 2. The van der Waals surface area contributed by atoms with Gasteiger partial charge in [0.15, 0.2) is 0 Å². The van der Waals surface area contributed by atoms with Crippen LogP contribution in [-0.4, -0.2) is 13.7 Å². The normalized spacial score (nSPS) is 17.2. The van der Waals surface area contributed by atoms with Crippen LogP contribution in [0.3, 0.4) is 0 Å². The minimum absolute atomic E-state index is 0.810. The molecule has 0 aromatic heterocycles. The molecule has 1 nitrogen and oxygen atoms in total. The van der Waals surface area contributed by atoms with Gasteiger partial charge in [-0.25, -0.2) is 0 Å². The lowest BCUT2D eigenvalue weighted by Gasteiger charge is -1.82. The molecule has 6 heavy (non-hydrogen) atoms. The van der Waals surface area contributed by atoms with Crippen LogP contribution in [0.15, 0.2) is 10.3 Å². The summed E-state index contributed by atoms with van der Waals surface area (Å²) in [5, 5.41) is 2.09. The van der Waals surface area contributed by atoms with Crippen molar-refractivity contribution in [1.29, 1.82) is 0 Å². The van der Waals surface area contributed by atoms with Gasteiger partial charge in [0.1, 0.15) is 0 Å². The molecular formula is C4H6OS. The van der Waals surface area contributed by atoms with Crippen molar-refractivity contribution in [2.75, 3.05) is 13.7 Å². The zero-order valence-corrected chi connectivity index (χ0v) is 4.42. The maximum absolute atomic E-state index is 4.78. The van der Waals surface area contributed by atoms with Gasteiger partial charge in [0.25, 0.3) is 0 Å². The third kappa shape index (κ3) is 1.03. The maximum Gasteiger partial charge on any atom is 0.0780 e. The Bertz CT molecular complexity index is 77.6.